The maximum absolute atomic E-state index is 10.7. The molecule has 11 heavy (non-hydrogen) atoms. The molecule has 0 aliphatic rings. The van der Waals surface area contributed by atoms with E-state index >= 15 is 0 Å². The van der Waals surface area contributed by atoms with E-state index in [-0.39, 0.29) is 0 Å². The summed E-state index contributed by atoms with van der Waals surface area (Å²) in [6.07, 6.45) is 3.82. The molecule has 0 radical (unpaired) electrons. The Kier molecular flexibility index (Phi) is 1.81. The van der Waals surface area contributed by atoms with Crippen LogP contribution in [0.1, 0.15) is 0 Å². The second kappa shape index (κ2) is 2.78. The van der Waals surface area contributed by atoms with Crippen LogP contribution in [0.15, 0.2) is 18.7 Å². The van der Waals surface area contributed by atoms with E-state index in [1.807, 2.05) is 0 Å². The zero-order valence-electron chi connectivity index (χ0n) is 5.30. The fourth-order valence-electron chi connectivity index (χ4n) is 0.515. The maximum Gasteiger partial charge on any atom is 0.384 e. The summed E-state index contributed by atoms with van der Waals surface area (Å²) in [6, 6.07) is -0.840. The number of nitro groups is 1. The molecule has 0 saturated heterocycles. The smallest absolute Gasteiger partial charge is 0.254 e. The van der Waals surface area contributed by atoms with Gasteiger partial charge in [-0.25, -0.2) is 19.9 Å². The molecular weight excluding hydrogens is 152 g/mol. The van der Waals surface area contributed by atoms with Crippen molar-refractivity contribution in [2.45, 2.75) is 0 Å². The Hall–Kier alpha value is -1.92. The first kappa shape index (κ1) is 7.19. The van der Waals surface area contributed by atoms with Crippen LogP contribution in [0.2, 0.25) is 0 Å². The molecule has 0 fully saturated rings. The summed E-state index contributed by atoms with van der Waals surface area (Å²) in [6.45, 7) is 0. The molecule has 1 rings (SSSR count). The second-order valence-corrected chi connectivity index (χ2v) is 1.64. The van der Waals surface area contributed by atoms with Gasteiger partial charge in [0, 0.05) is 12.4 Å². The Morgan fingerprint density at radius 2 is 2.45 bits per heavy atom. The molecule has 1 aromatic rings. The minimum atomic E-state index is -0.928. The molecule has 58 valence electrons. The van der Waals surface area contributed by atoms with Crippen molar-refractivity contribution in [1.29, 1.82) is 0 Å². The summed E-state index contributed by atoms with van der Waals surface area (Å²) in [5, 5.41) is 8.82. The van der Waals surface area contributed by atoms with Crippen molar-refractivity contribution in [2.24, 2.45) is 0 Å². The Bertz CT molecular complexity index is 267. The van der Waals surface area contributed by atoms with Crippen LogP contribution in [0.4, 0.5) is 4.79 Å². The van der Waals surface area contributed by atoms with Crippen LogP contribution in [0.3, 0.4) is 0 Å². The molecule has 0 spiro atoms. The van der Waals surface area contributed by atoms with Gasteiger partial charge >= 0.3 is 6.03 Å². The van der Waals surface area contributed by atoms with Crippen molar-refractivity contribution in [3.05, 3.63) is 28.8 Å². The van der Waals surface area contributed by atoms with Crippen LogP contribution in [0.25, 0.3) is 0 Å². The van der Waals surface area contributed by atoms with Crippen molar-refractivity contribution in [2.75, 3.05) is 0 Å². The number of carbonyl (C=O) groups is 1. The minimum absolute atomic E-state index is 0.840. The van der Waals surface area contributed by atoms with Gasteiger partial charge in [0.05, 0.1) is 0 Å². The van der Waals surface area contributed by atoms with Crippen LogP contribution in [-0.4, -0.2) is 20.6 Å². The van der Waals surface area contributed by atoms with Crippen LogP contribution < -0.4 is 5.43 Å². The molecular formula is C4H4N4O3. The van der Waals surface area contributed by atoms with Crippen LogP contribution in [0.5, 0.6) is 0 Å². The summed E-state index contributed by atoms with van der Waals surface area (Å²) >= 11 is 0. The van der Waals surface area contributed by atoms with Gasteiger partial charge in [0.25, 0.3) is 0 Å². The highest BCUT2D eigenvalue weighted by Crippen LogP contribution is 1.83. The molecule has 1 N–H and O–H groups in total. The van der Waals surface area contributed by atoms with E-state index < -0.39 is 11.1 Å². The van der Waals surface area contributed by atoms with Gasteiger partial charge in [-0.05, 0) is 5.43 Å². The largest absolute Gasteiger partial charge is 0.384 e. The molecule has 0 atom stereocenters. The number of nitrogens with zero attached hydrogens (tertiary/aromatic N) is 3. The first-order chi connectivity index (χ1) is 5.20. The standard InChI is InChI=1S/C4H4N4O3/c9-4(6-8(10)11)7-2-1-5-3-7/h1-3H,(H,6,9). The fourth-order valence-corrected chi connectivity index (χ4v) is 0.515. The Morgan fingerprint density at radius 1 is 1.73 bits per heavy atom. The number of hydrogen-bond donors (Lipinski definition) is 1. The highest BCUT2D eigenvalue weighted by Gasteiger charge is 2.07. The maximum atomic E-state index is 10.7. The number of aromatic nitrogens is 2. The topological polar surface area (TPSA) is 90.1 Å². The number of amides is 1. The minimum Gasteiger partial charge on any atom is -0.254 e. The average molecular weight is 156 g/mol. The third-order valence-corrected chi connectivity index (χ3v) is 0.926. The molecule has 1 heterocycles. The van der Waals surface area contributed by atoms with Crippen molar-refractivity contribution >= 4 is 6.03 Å². The second-order valence-electron chi connectivity index (χ2n) is 1.64. The van der Waals surface area contributed by atoms with E-state index in [4.69, 9.17) is 0 Å². The SMILES string of the molecule is O=C(N[N+](=O)[O-])n1ccnc1. The van der Waals surface area contributed by atoms with Crippen molar-refractivity contribution in [3.8, 4) is 0 Å². The quantitative estimate of drug-likeness (QED) is 0.443. The third kappa shape index (κ3) is 1.75. The van der Waals surface area contributed by atoms with E-state index in [0.29, 0.717) is 0 Å². The van der Waals surface area contributed by atoms with E-state index in [9.17, 15) is 14.9 Å². The zero-order chi connectivity index (χ0) is 8.27. The fraction of sp³-hybridized carbons (Fsp3) is 0. The highest BCUT2D eigenvalue weighted by atomic mass is 16.7. The predicted molar refractivity (Wildman–Crippen MR) is 33.2 cm³/mol. The molecule has 1 amide bonds. The lowest BCUT2D eigenvalue weighted by molar-refractivity contribution is -0.527. The van der Waals surface area contributed by atoms with Gasteiger partial charge in [-0.1, -0.05) is 0 Å². The lowest BCUT2D eigenvalue weighted by Crippen LogP contribution is -2.32. The van der Waals surface area contributed by atoms with Gasteiger partial charge in [-0.2, -0.15) is 0 Å². The van der Waals surface area contributed by atoms with Crippen LogP contribution in [0, 0.1) is 10.1 Å². The average Bonchev–Trinajstić information content (AvgIpc) is 2.35. The molecule has 0 saturated carbocycles. The van der Waals surface area contributed by atoms with E-state index in [0.717, 1.165) is 4.57 Å². The number of carbonyl (C=O) groups excluding carboxylic acids is 1. The Labute approximate surface area is 60.8 Å². The van der Waals surface area contributed by atoms with E-state index in [1.54, 1.807) is 0 Å². The Morgan fingerprint density at radius 3 is 2.91 bits per heavy atom. The van der Waals surface area contributed by atoms with Crippen molar-refractivity contribution in [1.82, 2.24) is 15.0 Å². The summed E-state index contributed by atoms with van der Waals surface area (Å²) in [5.41, 5.74) is 1.45. The van der Waals surface area contributed by atoms with E-state index in [2.05, 4.69) is 4.98 Å². The molecule has 0 bridgehead atoms. The lowest BCUT2D eigenvalue weighted by Gasteiger charge is -1.93. The summed E-state index contributed by atoms with van der Waals surface area (Å²) in [4.78, 5) is 24.0. The molecule has 0 aliphatic carbocycles. The molecule has 7 heteroatoms. The van der Waals surface area contributed by atoms with Crippen molar-refractivity contribution in [3.63, 3.8) is 0 Å². The first-order valence-corrected chi connectivity index (χ1v) is 2.63. The van der Waals surface area contributed by atoms with Crippen molar-refractivity contribution < 1.29 is 9.83 Å². The number of hydrazine groups is 1. The third-order valence-electron chi connectivity index (χ3n) is 0.926. The number of hydrogen-bond acceptors (Lipinski definition) is 4. The molecule has 0 aromatic carbocycles. The van der Waals surface area contributed by atoms with Gasteiger partial charge in [-0.3, -0.25) is 4.57 Å². The normalized spacial score (nSPS) is 9.09. The molecule has 0 unspecified atom stereocenters. The van der Waals surface area contributed by atoms with Gasteiger partial charge in [0.1, 0.15) is 6.33 Å². The first-order valence-electron chi connectivity index (χ1n) is 2.63. The highest BCUT2D eigenvalue weighted by molar-refractivity contribution is 5.74. The zero-order valence-corrected chi connectivity index (χ0v) is 5.30. The monoisotopic (exact) mass is 156 g/mol. The lowest BCUT2D eigenvalue weighted by atomic mass is 10.9. The Balaban J connectivity index is 2.64. The number of nitrogens with one attached hydrogen (secondary N) is 1. The molecule has 7 nitrogen and oxygen atoms in total. The molecule has 0 aliphatic heterocycles. The number of imidazole rings is 1. The predicted octanol–water partition coefficient (Wildman–Crippen LogP) is -0.367. The van der Waals surface area contributed by atoms with Gasteiger partial charge in [-0.15, -0.1) is 0 Å². The van der Waals surface area contributed by atoms with E-state index in [1.165, 1.54) is 24.1 Å². The number of rotatable bonds is 1. The summed E-state index contributed by atoms with van der Waals surface area (Å²) < 4.78 is 0.961. The summed E-state index contributed by atoms with van der Waals surface area (Å²) in [7, 11) is 0. The van der Waals surface area contributed by atoms with Crippen LogP contribution >= 0.6 is 0 Å². The molecule has 1 aromatic heterocycles. The van der Waals surface area contributed by atoms with Gasteiger partial charge in [0.2, 0.25) is 0 Å². The summed E-state index contributed by atoms with van der Waals surface area (Å²) in [5.74, 6) is 0. The van der Waals surface area contributed by atoms with Gasteiger partial charge in [0.15, 0.2) is 5.03 Å². The van der Waals surface area contributed by atoms with Gasteiger partial charge < -0.3 is 0 Å². The van der Waals surface area contributed by atoms with Crippen LogP contribution in [-0.2, 0) is 0 Å².